The van der Waals surface area contributed by atoms with Crippen molar-refractivity contribution in [1.82, 2.24) is 0 Å². The Hall–Kier alpha value is -0.530. The molecule has 2 N–H and O–H groups in total. The zero-order valence-electron chi connectivity index (χ0n) is 9.25. The van der Waals surface area contributed by atoms with Gasteiger partial charge in [0.05, 0.1) is 0 Å². The Morgan fingerprint density at radius 1 is 1.36 bits per heavy atom. The molecule has 0 bridgehead atoms. The van der Waals surface area contributed by atoms with Crippen molar-refractivity contribution in [3.8, 4) is 0 Å². The van der Waals surface area contributed by atoms with Crippen LogP contribution in [-0.2, 0) is 4.79 Å². The highest BCUT2D eigenvalue weighted by Gasteiger charge is 2.50. The molecule has 0 heterocycles. The standard InChI is InChI=1S/C12H21NO/c1-8(2)9-3-4-12(5-6-12)7-10(9)11(13)14/h8-10H,3-7H2,1-2H3,(H2,13,14)/t9-,10-/m0/s1. The second-order valence-corrected chi connectivity index (χ2v) is 5.66. The maximum absolute atomic E-state index is 11.4. The lowest BCUT2D eigenvalue weighted by Crippen LogP contribution is -2.38. The van der Waals surface area contributed by atoms with E-state index in [9.17, 15) is 4.79 Å². The fraction of sp³-hybridized carbons (Fsp3) is 0.917. The fourth-order valence-electron chi connectivity index (χ4n) is 3.13. The van der Waals surface area contributed by atoms with Crippen molar-refractivity contribution < 1.29 is 4.79 Å². The predicted octanol–water partition coefficient (Wildman–Crippen LogP) is 2.32. The average molecular weight is 195 g/mol. The summed E-state index contributed by atoms with van der Waals surface area (Å²) < 4.78 is 0. The Kier molecular flexibility index (Phi) is 2.32. The maximum Gasteiger partial charge on any atom is 0.220 e. The molecule has 0 aromatic heterocycles. The highest BCUT2D eigenvalue weighted by atomic mass is 16.1. The zero-order valence-corrected chi connectivity index (χ0v) is 9.25. The Morgan fingerprint density at radius 2 is 2.00 bits per heavy atom. The van der Waals surface area contributed by atoms with Crippen molar-refractivity contribution >= 4 is 5.91 Å². The molecule has 2 aliphatic rings. The molecule has 0 aromatic rings. The number of amides is 1. The van der Waals surface area contributed by atoms with Gasteiger partial charge < -0.3 is 5.73 Å². The van der Waals surface area contributed by atoms with Crippen molar-refractivity contribution in [1.29, 1.82) is 0 Å². The molecule has 14 heavy (non-hydrogen) atoms. The van der Waals surface area contributed by atoms with E-state index in [0.717, 1.165) is 6.42 Å². The highest BCUT2D eigenvalue weighted by Crippen LogP contribution is 2.59. The molecule has 2 atom stereocenters. The Morgan fingerprint density at radius 3 is 2.43 bits per heavy atom. The van der Waals surface area contributed by atoms with E-state index in [1.807, 2.05) is 0 Å². The van der Waals surface area contributed by atoms with Gasteiger partial charge in [-0.2, -0.15) is 0 Å². The summed E-state index contributed by atoms with van der Waals surface area (Å²) in [4.78, 5) is 11.4. The fourth-order valence-corrected chi connectivity index (χ4v) is 3.13. The molecule has 80 valence electrons. The normalized spacial score (nSPS) is 34.8. The molecule has 2 aliphatic carbocycles. The average Bonchev–Trinajstić information content (AvgIpc) is 2.84. The zero-order chi connectivity index (χ0) is 10.3. The van der Waals surface area contributed by atoms with Crippen LogP contribution in [0.1, 0.15) is 46.0 Å². The SMILES string of the molecule is CC(C)[C@@H]1CCC2(CC2)C[C@@H]1C(N)=O. The molecule has 2 heteroatoms. The first kappa shape index (κ1) is 10.0. The smallest absolute Gasteiger partial charge is 0.220 e. The molecule has 0 aromatic carbocycles. The Bertz CT molecular complexity index is 243. The summed E-state index contributed by atoms with van der Waals surface area (Å²) in [6, 6.07) is 0. The molecular weight excluding hydrogens is 174 g/mol. The van der Waals surface area contributed by atoms with Gasteiger partial charge in [-0.05, 0) is 49.4 Å². The molecular formula is C12H21NO. The third-order valence-electron chi connectivity index (χ3n) is 4.36. The third-order valence-corrected chi connectivity index (χ3v) is 4.36. The van der Waals surface area contributed by atoms with Crippen molar-refractivity contribution in [2.75, 3.05) is 0 Å². The van der Waals surface area contributed by atoms with Gasteiger partial charge in [-0.3, -0.25) is 4.79 Å². The molecule has 1 amide bonds. The van der Waals surface area contributed by atoms with Gasteiger partial charge in [-0.25, -0.2) is 0 Å². The maximum atomic E-state index is 11.4. The number of nitrogens with two attached hydrogens (primary N) is 1. The molecule has 0 unspecified atom stereocenters. The van der Waals surface area contributed by atoms with Crippen LogP contribution in [0.3, 0.4) is 0 Å². The van der Waals surface area contributed by atoms with Gasteiger partial charge in [0.15, 0.2) is 0 Å². The highest BCUT2D eigenvalue weighted by molar-refractivity contribution is 5.77. The van der Waals surface area contributed by atoms with Crippen LogP contribution < -0.4 is 5.73 Å². The van der Waals surface area contributed by atoms with Crippen LogP contribution in [0.4, 0.5) is 0 Å². The van der Waals surface area contributed by atoms with Crippen LogP contribution in [0.15, 0.2) is 0 Å². The van der Waals surface area contributed by atoms with Crippen molar-refractivity contribution in [2.24, 2.45) is 28.9 Å². The van der Waals surface area contributed by atoms with Gasteiger partial charge in [-0.15, -0.1) is 0 Å². The summed E-state index contributed by atoms with van der Waals surface area (Å²) in [5, 5.41) is 0. The number of carbonyl (C=O) groups excluding carboxylic acids is 1. The minimum Gasteiger partial charge on any atom is -0.369 e. The van der Waals surface area contributed by atoms with Gasteiger partial charge in [0.1, 0.15) is 0 Å². The van der Waals surface area contributed by atoms with E-state index in [0.29, 0.717) is 17.3 Å². The molecule has 0 saturated heterocycles. The van der Waals surface area contributed by atoms with Gasteiger partial charge in [0.25, 0.3) is 0 Å². The number of primary amides is 1. The van der Waals surface area contributed by atoms with Crippen LogP contribution in [0.2, 0.25) is 0 Å². The number of hydrogen-bond donors (Lipinski definition) is 1. The molecule has 0 radical (unpaired) electrons. The van der Waals surface area contributed by atoms with E-state index in [-0.39, 0.29) is 11.8 Å². The monoisotopic (exact) mass is 195 g/mol. The predicted molar refractivity (Wildman–Crippen MR) is 56.5 cm³/mol. The lowest BCUT2D eigenvalue weighted by molar-refractivity contribution is -0.126. The van der Waals surface area contributed by atoms with Crippen LogP contribution >= 0.6 is 0 Å². The van der Waals surface area contributed by atoms with Crippen LogP contribution in [0.5, 0.6) is 0 Å². The van der Waals surface area contributed by atoms with Crippen molar-refractivity contribution in [2.45, 2.75) is 46.0 Å². The van der Waals surface area contributed by atoms with Crippen LogP contribution in [-0.4, -0.2) is 5.91 Å². The van der Waals surface area contributed by atoms with E-state index < -0.39 is 0 Å². The van der Waals surface area contributed by atoms with Crippen molar-refractivity contribution in [3.63, 3.8) is 0 Å². The first-order chi connectivity index (χ1) is 6.54. The van der Waals surface area contributed by atoms with E-state index in [1.165, 1.54) is 25.7 Å². The molecule has 0 aliphatic heterocycles. The van der Waals surface area contributed by atoms with Gasteiger partial charge >= 0.3 is 0 Å². The quantitative estimate of drug-likeness (QED) is 0.722. The lowest BCUT2D eigenvalue weighted by Gasteiger charge is -2.37. The summed E-state index contributed by atoms with van der Waals surface area (Å²) in [7, 11) is 0. The van der Waals surface area contributed by atoms with E-state index in [4.69, 9.17) is 5.73 Å². The second-order valence-electron chi connectivity index (χ2n) is 5.66. The summed E-state index contributed by atoms with van der Waals surface area (Å²) >= 11 is 0. The number of rotatable bonds is 2. The molecule has 1 spiro atoms. The summed E-state index contributed by atoms with van der Waals surface area (Å²) in [6.45, 7) is 4.43. The third kappa shape index (κ3) is 1.67. The first-order valence-electron chi connectivity index (χ1n) is 5.83. The minimum absolute atomic E-state index is 0.0605. The van der Waals surface area contributed by atoms with E-state index in [2.05, 4.69) is 13.8 Å². The summed E-state index contributed by atoms with van der Waals surface area (Å²) in [5.41, 5.74) is 6.05. The van der Waals surface area contributed by atoms with Crippen LogP contribution in [0, 0.1) is 23.2 Å². The van der Waals surface area contributed by atoms with Gasteiger partial charge in [-0.1, -0.05) is 13.8 Å². The summed E-state index contributed by atoms with van der Waals surface area (Å²) in [5.74, 6) is 1.24. The number of hydrogen-bond acceptors (Lipinski definition) is 1. The molecule has 2 saturated carbocycles. The van der Waals surface area contributed by atoms with E-state index in [1.54, 1.807) is 0 Å². The molecule has 2 rings (SSSR count). The number of carbonyl (C=O) groups is 1. The van der Waals surface area contributed by atoms with E-state index >= 15 is 0 Å². The first-order valence-corrected chi connectivity index (χ1v) is 5.83. The minimum atomic E-state index is -0.0605. The van der Waals surface area contributed by atoms with Crippen molar-refractivity contribution in [3.05, 3.63) is 0 Å². The Balaban J connectivity index is 2.08. The van der Waals surface area contributed by atoms with Gasteiger partial charge in [0.2, 0.25) is 5.91 Å². The second kappa shape index (κ2) is 3.25. The largest absolute Gasteiger partial charge is 0.369 e. The lowest BCUT2D eigenvalue weighted by atomic mass is 9.68. The van der Waals surface area contributed by atoms with Crippen LogP contribution in [0.25, 0.3) is 0 Å². The van der Waals surface area contributed by atoms with Gasteiger partial charge in [0, 0.05) is 5.92 Å². The summed E-state index contributed by atoms with van der Waals surface area (Å²) in [6.07, 6.45) is 6.29. The topological polar surface area (TPSA) is 43.1 Å². The molecule has 2 fully saturated rings. The molecule has 2 nitrogen and oxygen atoms in total. The Labute approximate surface area is 86.2 Å².